The molecule has 0 amide bonds. The van der Waals surface area contributed by atoms with E-state index in [2.05, 4.69) is 0 Å². The van der Waals surface area contributed by atoms with Gasteiger partial charge in [-0.1, -0.05) is 0 Å². The van der Waals surface area contributed by atoms with Crippen molar-refractivity contribution in [3.05, 3.63) is 63.7 Å². The van der Waals surface area contributed by atoms with Crippen LogP contribution < -0.4 is 4.74 Å². The molecule has 0 aliphatic heterocycles. The molecule has 0 aromatic heterocycles. The largest absolute Gasteiger partial charge is 0.496 e. The number of esters is 1. The molecule has 2 aromatic carbocycles. The number of thioether (sulfide) groups is 1. The van der Waals surface area contributed by atoms with Crippen LogP contribution >= 0.6 is 11.8 Å². The summed E-state index contributed by atoms with van der Waals surface area (Å²) >= 11 is 1.24. The number of hydrogen-bond donors (Lipinski definition) is 0. The average Bonchev–Trinajstić information content (AvgIpc) is 2.66. The first-order valence-electron chi connectivity index (χ1n) is 8.07. The monoisotopic (exact) mass is 389 g/mol. The van der Waals surface area contributed by atoms with Crippen molar-refractivity contribution in [2.24, 2.45) is 0 Å². The summed E-state index contributed by atoms with van der Waals surface area (Å²) in [5.74, 6) is 0.00410. The molecule has 0 heterocycles. The fraction of sp³-hybridized carbons (Fsp3) is 0.263. The summed E-state index contributed by atoms with van der Waals surface area (Å²) in [4.78, 5) is 34.7. The fourth-order valence-corrected chi connectivity index (χ4v) is 3.14. The third-order valence-corrected chi connectivity index (χ3v) is 4.84. The van der Waals surface area contributed by atoms with E-state index >= 15 is 0 Å². The second kappa shape index (κ2) is 9.18. The van der Waals surface area contributed by atoms with Crippen LogP contribution in [0.15, 0.2) is 47.4 Å². The van der Waals surface area contributed by atoms with Gasteiger partial charge in [-0.15, -0.1) is 11.8 Å². The molecule has 0 bridgehead atoms. The van der Waals surface area contributed by atoms with Crippen molar-refractivity contribution in [3.63, 3.8) is 0 Å². The minimum atomic E-state index is -0.506. The number of carbonyl (C=O) groups is 2. The van der Waals surface area contributed by atoms with Crippen molar-refractivity contribution < 1.29 is 24.0 Å². The molecule has 0 saturated heterocycles. The second-order valence-corrected chi connectivity index (χ2v) is 7.12. The SMILES string of the molecule is COc1ccc(C(C)=O)cc1COC(=O)[C@H](C)Sc1ccc([N+](=O)[O-])cc1. The first-order chi connectivity index (χ1) is 12.8. The van der Waals surface area contributed by atoms with Crippen LogP contribution in [0.1, 0.15) is 29.8 Å². The Morgan fingerprint density at radius 2 is 1.85 bits per heavy atom. The maximum Gasteiger partial charge on any atom is 0.319 e. The summed E-state index contributed by atoms with van der Waals surface area (Å²) < 4.78 is 10.6. The van der Waals surface area contributed by atoms with E-state index in [9.17, 15) is 19.7 Å². The van der Waals surface area contributed by atoms with Crippen molar-refractivity contribution in [2.75, 3.05) is 7.11 Å². The Balaban J connectivity index is 1.99. The highest BCUT2D eigenvalue weighted by Crippen LogP contribution is 2.27. The Kier molecular flexibility index (Phi) is 6.95. The molecule has 8 heteroatoms. The normalized spacial score (nSPS) is 11.5. The predicted molar refractivity (Wildman–Crippen MR) is 101 cm³/mol. The first-order valence-corrected chi connectivity index (χ1v) is 8.95. The molecule has 0 radical (unpaired) electrons. The highest BCUT2D eigenvalue weighted by Gasteiger charge is 2.18. The summed E-state index contributed by atoms with van der Waals surface area (Å²) in [5, 5.41) is 10.2. The number of non-ortho nitro benzene ring substituents is 1. The van der Waals surface area contributed by atoms with Gasteiger partial charge < -0.3 is 9.47 Å². The topological polar surface area (TPSA) is 95.7 Å². The standard InChI is InChI=1S/C19H19NO6S/c1-12(21)14-4-9-18(25-3)15(10-14)11-26-19(22)13(2)27-17-7-5-16(6-8-17)20(23)24/h4-10,13H,11H2,1-3H3/t13-/m0/s1. The van der Waals surface area contributed by atoms with Gasteiger partial charge in [0.25, 0.3) is 5.69 Å². The molecule has 7 nitrogen and oxygen atoms in total. The minimum Gasteiger partial charge on any atom is -0.496 e. The molecule has 2 aromatic rings. The van der Waals surface area contributed by atoms with Gasteiger partial charge >= 0.3 is 5.97 Å². The predicted octanol–water partition coefficient (Wildman–Crippen LogP) is 4.03. The first kappa shape index (κ1) is 20.4. The molecular weight excluding hydrogens is 370 g/mol. The van der Waals surface area contributed by atoms with Crippen LogP contribution in [0.5, 0.6) is 5.75 Å². The van der Waals surface area contributed by atoms with Gasteiger partial charge in [-0.05, 0) is 44.2 Å². The Hall–Kier alpha value is -2.87. The molecule has 0 N–H and O–H groups in total. The summed E-state index contributed by atoms with van der Waals surface area (Å²) in [6, 6.07) is 10.9. The minimum absolute atomic E-state index is 0.00738. The highest BCUT2D eigenvalue weighted by atomic mass is 32.2. The lowest BCUT2D eigenvalue weighted by Crippen LogP contribution is -2.17. The van der Waals surface area contributed by atoms with Crippen LogP contribution in [0.2, 0.25) is 0 Å². The number of nitro groups is 1. The Morgan fingerprint density at radius 1 is 1.19 bits per heavy atom. The van der Waals surface area contributed by atoms with Gasteiger partial charge in [0.15, 0.2) is 5.78 Å². The maximum atomic E-state index is 12.3. The molecule has 27 heavy (non-hydrogen) atoms. The molecule has 0 fully saturated rings. The Bertz CT molecular complexity index is 850. The zero-order valence-corrected chi connectivity index (χ0v) is 15.9. The van der Waals surface area contributed by atoms with E-state index in [0.29, 0.717) is 16.9 Å². The van der Waals surface area contributed by atoms with Crippen molar-refractivity contribution in [3.8, 4) is 5.75 Å². The third kappa shape index (κ3) is 5.55. The summed E-state index contributed by atoms with van der Waals surface area (Å²) in [6.45, 7) is 3.13. The van der Waals surface area contributed by atoms with E-state index in [-0.39, 0.29) is 18.1 Å². The number of benzene rings is 2. The van der Waals surface area contributed by atoms with Gasteiger partial charge in [0.05, 0.1) is 12.0 Å². The smallest absolute Gasteiger partial charge is 0.319 e. The molecule has 0 spiro atoms. The molecular formula is C19H19NO6S. The van der Waals surface area contributed by atoms with Crippen LogP contribution in [0.4, 0.5) is 5.69 Å². The van der Waals surface area contributed by atoms with Gasteiger partial charge in [-0.25, -0.2) is 0 Å². The van der Waals surface area contributed by atoms with Gasteiger partial charge in [-0.2, -0.15) is 0 Å². The van der Waals surface area contributed by atoms with Crippen molar-refractivity contribution >= 4 is 29.2 Å². The van der Waals surface area contributed by atoms with Gasteiger partial charge in [0.1, 0.15) is 17.6 Å². The van der Waals surface area contributed by atoms with Crippen LogP contribution in [0, 0.1) is 10.1 Å². The second-order valence-electron chi connectivity index (χ2n) is 5.70. The van der Waals surface area contributed by atoms with Crippen LogP contribution in [-0.4, -0.2) is 29.0 Å². The summed E-state index contributed by atoms with van der Waals surface area (Å²) in [7, 11) is 1.50. The molecule has 0 aliphatic carbocycles. The van der Waals surface area contributed by atoms with Crippen molar-refractivity contribution in [1.29, 1.82) is 0 Å². The lowest BCUT2D eigenvalue weighted by molar-refractivity contribution is -0.384. The Labute approximate surface area is 160 Å². The number of nitro benzene ring substituents is 1. The van der Waals surface area contributed by atoms with Crippen molar-refractivity contribution in [1.82, 2.24) is 0 Å². The number of carbonyl (C=O) groups excluding carboxylic acids is 2. The molecule has 142 valence electrons. The lowest BCUT2D eigenvalue weighted by Gasteiger charge is -2.13. The zero-order valence-electron chi connectivity index (χ0n) is 15.1. The van der Waals surface area contributed by atoms with Gasteiger partial charge in [0, 0.05) is 28.2 Å². The quantitative estimate of drug-likeness (QED) is 0.221. The molecule has 0 unspecified atom stereocenters. The number of Topliss-reactive ketones (excluding diaryl/α,β-unsaturated/α-hetero) is 1. The van der Waals surface area contributed by atoms with Crippen LogP contribution in [0.3, 0.4) is 0 Å². The zero-order chi connectivity index (χ0) is 20.0. The number of ether oxygens (including phenoxy) is 2. The fourth-order valence-electron chi connectivity index (χ4n) is 2.28. The lowest BCUT2D eigenvalue weighted by atomic mass is 10.1. The summed E-state index contributed by atoms with van der Waals surface area (Å²) in [6.07, 6.45) is 0. The molecule has 0 aliphatic rings. The van der Waals surface area contributed by atoms with Crippen LogP contribution in [0.25, 0.3) is 0 Å². The summed E-state index contributed by atoms with van der Waals surface area (Å²) in [5.41, 5.74) is 1.10. The molecule has 1 atom stereocenters. The number of rotatable bonds is 8. The number of nitrogens with zero attached hydrogens (tertiary/aromatic N) is 1. The Morgan fingerprint density at radius 3 is 2.41 bits per heavy atom. The molecule has 0 saturated carbocycles. The number of hydrogen-bond acceptors (Lipinski definition) is 7. The van der Waals surface area contributed by atoms with Gasteiger partial charge in [0.2, 0.25) is 0 Å². The highest BCUT2D eigenvalue weighted by molar-refractivity contribution is 8.00. The van der Waals surface area contributed by atoms with E-state index in [1.165, 1.54) is 37.9 Å². The third-order valence-electron chi connectivity index (χ3n) is 3.75. The van der Waals surface area contributed by atoms with Crippen molar-refractivity contribution in [2.45, 2.75) is 30.6 Å². The van der Waals surface area contributed by atoms with E-state index in [1.54, 1.807) is 37.3 Å². The molecule has 2 rings (SSSR count). The maximum absolute atomic E-state index is 12.3. The van der Waals surface area contributed by atoms with Crippen LogP contribution in [-0.2, 0) is 16.1 Å². The average molecular weight is 389 g/mol. The number of methoxy groups -OCH3 is 1. The van der Waals surface area contributed by atoms with E-state index in [4.69, 9.17) is 9.47 Å². The van der Waals surface area contributed by atoms with E-state index in [1.807, 2.05) is 0 Å². The van der Waals surface area contributed by atoms with Gasteiger partial charge in [-0.3, -0.25) is 19.7 Å². The van der Waals surface area contributed by atoms with E-state index < -0.39 is 16.1 Å². The van der Waals surface area contributed by atoms with E-state index in [0.717, 1.165) is 4.90 Å². The number of ketones is 1.